The van der Waals surface area contributed by atoms with E-state index >= 15 is 0 Å². The van der Waals surface area contributed by atoms with Crippen LogP contribution in [0.3, 0.4) is 0 Å². The fraction of sp³-hybridized carbons (Fsp3) is 0.400. The lowest BCUT2D eigenvalue weighted by atomic mass is 10.00. The summed E-state index contributed by atoms with van der Waals surface area (Å²) in [4.78, 5) is 20.4. The molecule has 2 aromatic rings. The number of carboxylic acids is 1. The Morgan fingerprint density at radius 2 is 1.97 bits per heavy atom. The average molecular weight is 440 g/mol. The molecule has 0 spiro atoms. The number of phenolic OH excluding ortho intramolecular Hbond substituents is 1. The van der Waals surface area contributed by atoms with Gasteiger partial charge in [-0.15, -0.1) is 0 Å². The van der Waals surface area contributed by atoms with E-state index in [-0.39, 0.29) is 23.6 Å². The number of aromatic carboxylic acids is 1. The van der Waals surface area contributed by atoms with Crippen LogP contribution in [0.1, 0.15) is 41.4 Å². The van der Waals surface area contributed by atoms with Gasteiger partial charge in [-0.3, -0.25) is 5.41 Å². The van der Waals surface area contributed by atoms with E-state index in [4.69, 9.17) is 15.3 Å². The van der Waals surface area contributed by atoms with Crippen molar-refractivity contribution in [2.45, 2.75) is 32.4 Å². The van der Waals surface area contributed by atoms with Crippen molar-refractivity contribution in [2.75, 3.05) is 25.1 Å². The van der Waals surface area contributed by atoms with Crippen LogP contribution < -0.4 is 9.64 Å². The number of alkyl halides is 3. The Bertz CT molecular complexity index is 933. The van der Waals surface area contributed by atoms with Gasteiger partial charge in [0.1, 0.15) is 23.0 Å². The first-order chi connectivity index (χ1) is 14.6. The monoisotopic (exact) mass is 440 g/mol. The zero-order valence-corrected chi connectivity index (χ0v) is 17.0. The zero-order valence-electron chi connectivity index (χ0n) is 17.0. The number of anilines is 1. The summed E-state index contributed by atoms with van der Waals surface area (Å²) in [7, 11) is 1.75. The second-order valence-corrected chi connectivity index (χ2v) is 6.75. The molecule has 31 heavy (non-hydrogen) atoms. The summed E-state index contributed by atoms with van der Waals surface area (Å²) in [6, 6.07) is 2.37. The van der Waals surface area contributed by atoms with E-state index in [2.05, 4.69) is 9.97 Å². The molecular weight excluding hydrogens is 417 g/mol. The van der Waals surface area contributed by atoms with Crippen molar-refractivity contribution in [3.63, 3.8) is 0 Å². The summed E-state index contributed by atoms with van der Waals surface area (Å²) < 4.78 is 44.2. The first-order valence-corrected chi connectivity index (χ1v) is 9.46. The van der Waals surface area contributed by atoms with Gasteiger partial charge >= 0.3 is 12.1 Å². The lowest BCUT2D eigenvalue weighted by Crippen LogP contribution is -2.23. The topological polar surface area (TPSA) is 120 Å². The van der Waals surface area contributed by atoms with E-state index in [9.17, 15) is 23.1 Å². The molecule has 8 nitrogen and oxygen atoms in total. The number of hydrogen-bond acceptors (Lipinski definition) is 7. The van der Waals surface area contributed by atoms with Gasteiger partial charge in [-0.05, 0) is 25.0 Å². The van der Waals surface area contributed by atoms with E-state index in [0.29, 0.717) is 31.6 Å². The molecule has 0 aliphatic rings. The number of aromatic hydroxyl groups is 1. The third-order valence-electron chi connectivity index (χ3n) is 4.44. The molecule has 0 radical (unpaired) electrons. The van der Waals surface area contributed by atoms with Crippen LogP contribution in [0.5, 0.6) is 11.5 Å². The molecule has 2 rings (SSSR count). The van der Waals surface area contributed by atoms with Gasteiger partial charge in [0.2, 0.25) is 0 Å². The summed E-state index contributed by atoms with van der Waals surface area (Å²) in [6.07, 6.45) is -0.975. The molecule has 1 aromatic carbocycles. The summed E-state index contributed by atoms with van der Waals surface area (Å²) in [5.74, 6) is -1.01. The number of aromatic nitrogens is 2. The Labute approximate surface area is 176 Å². The van der Waals surface area contributed by atoms with Crippen molar-refractivity contribution in [3.05, 3.63) is 41.3 Å². The number of halogens is 3. The van der Waals surface area contributed by atoms with Crippen molar-refractivity contribution in [2.24, 2.45) is 0 Å². The van der Waals surface area contributed by atoms with Gasteiger partial charge in [-0.1, -0.05) is 13.3 Å². The summed E-state index contributed by atoms with van der Waals surface area (Å²) in [5.41, 5.74) is -2.11. The van der Waals surface area contributed by atoms with Gasteiger partial charge in [0.15, 0.2) is 5.69 Å². The zero-order chi connectivity index (χ0) is 23.2. The van der Waals surface area contributed by atoms with Crippen LogP contribution in [0.15, 0.2) is 24.5 Å². The van der Waals surface area contributed by atoms with Crippen LogP contribution in [0.25, 0.3) is 0 Å². The van der Waals surface area contributed by atoms with Crippen molar-refractivity contribution in [1.29, 1.82) is 5.41 Å². The molecule has 1 aromatic heterocycles. The molecule has 11 heteroatoms. The SMILES string of the molecule is CCCc1c(OCCCN(C)c2cnc(C(=O)O)cn2)ccc(C(=N)C(F)(F)F)c1O. The van der Waals surface area contributed by atoms with Crippen LogP contribution in [0, 0.1) is 5.41 Å². The molecule has 0 amide bonds. The second-order valence-electron chi connectivity index (χ2n) is 6.75. The van der Waals surface area contributed by atoms with Gasteiger partial charge in [-0.2, -0.15) is 13.2 Å². The van der Waals surface area contributed by atoms with Crippen molar-refractivity contribution >= 4 is 17.5 Å². The highest BCUT2D eigenvalue weighted by Gasteiger charge is 2.37. The maximum atomic E-state index is 12.8. The molecule has 168 valence electrons. The number of nitrogens with one attached hydrogen (secondary N) is 1. The van der Waals surface area contributed by atoms with Gasteiger partial charge in [-0.25, -0.2) is 14.8 Å². The Hall–Kier alpha value is -3.37. The smallest absolute Gasteiger partial charge is 0.433 e. The first kappa shape index (κ1) is 23.9. The van der Waals surface area contributed by atoms with Crippen LogP contribution in [0.2, 0.25) is 0 Å². The number of carboxylic acid groups (broad SMARTS) is 1. The van der Waals surface area contributed by atoms with Crippen molar-refractivity contribution < 1.29 is 32.9 Å². The molecule has 0 atom stereocenters. The highest BCUT2D eigenvalue weighted by atomic mass is 19.4. The minimum atomic E-state index is -4.86. The maximum absolute atomic E-state index is 12.8. The summed E-state index contributed by atoms with van der Waals surface area (Å²) in [5, 5.41) is 26.4. The standard InChI is InChI=1S/C20H23F3N4O4/c1-3-5-12-15(7-6-13(17(12)28)18(24)20(21,22)23)31-9-4-8-27(2)16-11-25-14(10-26-16)19(29)30/h6-7,10-11,24,28H,3-5,8-9H2,1-2H3,(H,29,30). The Morgan fingerprint density at radius 3 is 2.52 bits per heavy atom. The minimum absolute atomic E-state index is 0.161. The predicted molar refractivity (Wildman–Crippen MR) is 107 cm³/mol. The molecule has 0 aliphatic heterocycles. The molecule has 0 saturated carbocycles. The average Bonchev–Trinajstić information content (AvgIpc) is 2.72. The molecule has 0 saturated heterocycles. The molecule has 1 heterocycles. The second kappa shape index (κ2) is 10.1. The maximum Gasteiger partial charge on any atom is 0.433 e. The van der Waals surface area contributed by atoms with Crippen LogP contribution >= 0.6 is 0 Å². The van der Waals surface area contributed by atoms with E-state index < -0.39 is 29.2 Å². The third-order valence-corrected chi connectivity index (χ3v) is 4.44. The number of phenols is 1. The number of nitrogens with zero attached hydrogens (tertiary/aromatic N) is 3. The molecule has 0 aliphatic carbocycles. The molecule has 3 N–H and O–H groups in total. The van der Waals surface area contributed by atoms with E-state index in [1.165, 1.54) is 12.3 Å². The number of carbonyl (C=O) groups is 1. The largest absolute Gasteiger partial charge is 0.507 e. The Morgan fingerprint density at radius 1 is 1.26 bits per heavy atom. The minimum Gasteiger partial charge on any atom is -0.507 e. The molecule has 0 unspecified atom stereocenters. The van der Waals surface area contributed by atoms with Crippen molar-refractivity contribution in [1.82, 2.24) is 9.97 Å². The summed E-state index contributed by atoms with van der Waals surface area (Å²) >= 11 is 0. The predicted octanol–water partition coefficient (Wildman–Crippen LogP) is 3.67. The van der Waals surface area contributed by atoms with Gasteiger partial charge < -0.3 is 19.8 Å². The lowest BCUT2D eigenvalue weighted by Gasteiger charge is -2.19. The van der Waals surface area contributed by atoms with Crippen LogP contribution in [-0.2, 0) is 6.42 Å². The highest BCUT2D eigenvalue weighted by Crippen LogP contribution is 2.35. The van der Waals surface area contributed by atoms with E-state index in [0.717, 1.165) is 12.3 Å². The summed E-state index contributed by atoms with van der Waals surface area (Å²) in [6.45, 7) is 2.53. The molecule has 0 fully saturated rings. The Kier molecular flexibility index (Phi) is 7.78. The van der Waals surface area contributed by atoms with Gasteiger partial charge in [0.05, 0.1) is 19.0 Å². The van der Waals surface area contributed by atoms with Crippen molar-refractivity contribution in [3.8, 4) is 11.5 Å². The van der Waals surface area contributed by atoms with E-state index in [1.807, 2.05) is 6.92 Å². The third kappa shape index (κ3) is 6.06. The Balaban J connectivity index is 2.02. The number of benzene rings is 1. The van der Waals surface area contributed by atoms with Gasteiger partial charge in [0.25, 0.3) is 0 Å². The number of ether oxygens (including phenoxy) is 1. The fourth-order valence-electron chi connectivity index (χ4n) is 2.83. The number of hydrogen-bond donors (Lipinski definition) is 3. The normalized spacial score (nSPS) is 11.3. The van der Waals surface area contributed by atoms with Crippen LogP contribution in [-0.4, -0.2) is 58.2 Å². The molecule has 0 bridgehead atoms. The molecular formula is C20H23F3N4O4. The van der Waals surface area contributed by atoms with Gasteiger partial charge in [0, 0.05) is 24.7 Å². The highest BCUT2D eigenvalue weighted by molar-refractivity contribution is 6.04. The van der Waals surface area contributed by atoms with E-state index in [1.54, 1.807) is 11.9 Å². The first-order valence-electron chi connectivity index (χ1n) is 9.46. The quantitative estimate of drug-likeness (QED) is 0.381. The lowest BCUT2D eigenvalue weighted by molar-refractivity contribution is -0.0588. The fourth-order valence-corrected chi connectivity index (χ4v) is 2.83. The number of rotatable bonds is 10. The van der Waals surface area contributed by atoms with Crippen LogP contribution in [0.4, 0.5) is 19.0 Å².